The van der Waals surface area contributed by atoms with Crippen LogP contribution in [0.2, 0.25) is 0 Å². The number of phenols is 1. The molecule has 2 N–H and O–H groups in total. The Labute approximate surface area is 219 Å². The summed E-state index contributed by atoms with van der Waals surface area (Å²) in [5, 5.41) is 22.8. The highest BCUT2D eigenvalue weighted by atomic mass is 16.5. The van der Waals surface area contributed by atoms with Crippen LogP contribution in [0.3, 0.4) is 0 Å². The van der Waals surface area contributed by atoms with Crippen molar-refractivity contribution in [3.63, 3.8) is 0 Å². The predicted octanol–water partition coefficient (Wildman–Crippen LogP) is 5.29. The van der Waals surface area contributed by atoms with Gasteiger partial charge in [0.1, 0.15) is 11.5 Å². The van der Waals surface area contributed by atoms with Crippen LogP contribution >= 0.6 is 0 Å². The molecule has 0 radical (unpaired) electrons. The second-order valence-electron chi connectivity index (χ2n) is 10.0. The monoisotopic (exact) mass is 505 g/mol. The topological polar surface area (TPSA) is 92.5 Å². The zero-order valence-electron chi connectivity index (χ0n) is 22.6. The van der Waals surface area contributed by atoms with E-state index in [1.807, 2.05) is 18.2 Å². The average molecular weight is 506 g/mol. The number of aromatic nitrogens is 3. The molecule has 37 heavy (non-hydrogen) atoms. The lowest BCUT2D eigenvalue weighted by Gasteiger charge is -2.19. The molecule has 0 bridgehead atoms. The van der Waals surface area contributed by atoms with Gasteiger partial charge in [0, 0.05) is 24.3 Å². The molecule has 0 unspecified atom stereocenters. The highest BCUT2D eigenvalue weighted by molar-refractivity contribution is 5.92. The number of hydrogen-bond donors (Lipinski definition) is 2. The van der Waals surface area contributed by atoms with Crippen molar-refractivity contribution in [2.75, 3.05) is 20.2 Å². The van der Waals surface area contributed by atoms with Gasteiger partial charge in [-0.2, -0.15) is 0 Å². The van der Waals surface area contributed by atoms with Gasteiger partial charge in [-0.05, 0) is 61.2 Å². The Morgan fingerprint density at radius 1 is 1.14 bits per heavy atom. The summed E-state index contributed by atoms with van der Waals surface area (Å²) in [6.45, 7) is 11.3. The number of nitrogens with one attached hydrogen (secondary N) is 1. The molecule has 3 aromatic rings. The van der Waals surface area contributed by atoms with Crippen LogP contribution in [0.1, 0.15) is 81.0 Å². The molecule has 1 amide bonds. The number of amides is 1. The Hall–Kier alpha value is -3.39. The first-order chi connectivity index (χ1) is 17.9. The molecule has 198 valence electrons. The molecule has 4 rings (SSSR count). The Bertz CT molecular complexity index is 1210. The maximum Gasteiger partial charge on any atom is 0.289 e. The Morgan fingerprint density at radius 2 is 1.81 bits per heavy atom. The van der Waals surface area contributed by atoms with Gasteiger partial charge in [0.25, 0.3) is 5.91 Å². The smallest absolute Gasteiger partial charge is 0.289 e. The summed E-state index contributed by atoms with van der Waals surface area (Å²) < 4.78 is 7.25. The first-order valence-corrected chi connectivity index (χ1v) is 13.3. The molecule has 0 aliphatic heterocycles. The third-order valence-electron chi connectivity index (χ3n) is 7.26. The Kier molecular flexibility index (Phi) is 8.48. The minimum Gasteiger partial charge on any atom is -0.507 e. The van der Waals surface area contributed by atoms with E-state index >= 15 is 0 Å². The van der Waals surface area contributed by atoms with E-state index in [9.17, 15) is 9.90 Å². The van der Waals surface area contributed by atoms with Crippen LogP contribution < -0.4 is 10.1 Å². The normalized spacial score (nSPS) is 14.0. The molecule has 1 aliphatic carbocycles. The van der Waals surface area contributed by atoms with Crippen LogP contribution in [0.4, 0.5) is 0 Å². The Balaban J connectivity index is 1.80. The highest BCUT2D eigenvalue weighted by Crippen LogP contribution is 2.38. The Morgan fingerprint density at radius 3 is 2.41 bits per heavy atom. The largest absolute Gasteiger partial charge is 0.507 e. The molecule has 8 nitrogen and oxygen atoms in total. The second-order valence-corrected chi connectivity index (χ2v) is 10.0. The molecule has 2 aromatic carbocycles. The fourth-order valence-electron chi connectivity index (χ4n) is 5.02. The van der Waals surface area contributed by atoms with Crippen LogP contribution in [0.5, 0.6) is 11.5 Å². The fraction of sp³-hybridized carbons (Fsp3) is 0.483. The lowest BCUT2D eigenvalue weighted by Crippen LogP contribution is -2.34. The maximum atomic E-state index is 13.4. The van der Waals surface area contributed by atoms with Gasteiger partial charge in [0.15, 0.2) is 5.82 Å². The molecule has 8 heteroatoms. The third kappa shape index (κ3) is 5.80. The molecule has 0 atom stereocenters. The number of benzene rings is 2. The van der Waals surface area contributed by atoms with E-state index in [0.717, 1.165) is 56.6 Å². The van der Waals surface area contributed by atoms with Crippen LogP contribution in [0, 0.1) is 0 Å². The molecule has 1 aliphatic rings. The number of methoxy groups -OCH3 is 1. The predicted molar refractivity (Wildman–Crippen MR) is 145 cm³/mol. The SMILES string of the molecule is CCN(CC)Cc1ccc(-n2c(C(=O)NC3CCCC3)nnc2-c2cc(C(C)C)c(OC)cc2O)cc1. The maximum absolute atomic E-state index is 13.4. The number of hydrogen-bond acceptors (Lipinski definition) is 6. The molecule has 1 aromatic heterocycles. The van der Waals surface area contributed by atoms with Crippen molar-refractivity contribution in [3.05, 3.63) is 53.3 Å². The van der Waals surface area contributed by atoms with E-state index in [1.165, 1.54) is 5.56 Å². The number of carbonyl (C=O) groups excluding carboxylic acids is 1. The first kappa shape index (κ1) is 26.7. The van der Waals surface area contributed by atoms with Gasteiger partial charge in [-0.25, -0.2) is 0 Å². The van der Waals surface area contributed by atoms with Gasteiger partial charge >= 0.3 is 0 Å². The summed E-state index contributed by atoms with van der Waals surface area (Å²) in [5.74, 6) is 1.16. The van der Waals surface area contributed by atoms with E-state index in [4.69, 9.17) is 4.74 Å². The van der Waals surface area contributed by atoms with Gasteiger partial charge < -0.3 is 15.2 Å². The van der Waals surface area contributed by atoms with E-state index in [2.05, 4.69) is 60.2 Å². The van der Waals surface area contributed by atoms with E-state index in [0.29, 0.717) is 17.1 Å². The number of phenolic OH excluding ortho intramolecular Hbond substituents is 1. The molecule has 0 spiro atoms. The molecule has 1 heterocycles. The van der Waals surface area contributed by atoms with Gasteiger partial charge in [-0.3, -0.25) is 14.3 Å². The standard InChI is InChI=1S/C29H39N5O3/c1-6-33(7-2)18-20-12-14-22(15-13-20)34-27(24-16-23(19(3)4)26(37-5)17-25(24)35)31-32-28(34)29(36)30-21-10-8-9-11-21/h12-17,19,21,35H,6-11,18H2,1-5H3,(H,30,36). The number of aromatic hydroxyl groups is 1. The van der Waals surface area contributed by atoms with E-state index in [-0.39, 0.29) is 29.4 Å². The number of nitrogens with zero attached hydrogens (tertiary/aromatic N) is 4. The third-order valence-corrected chi connectivity index (χ3v) is 7.26. The van der Waals surface area contributed by atoms with Gasteiger partial charge in [-0.1, -0.05) is 52.7 Å². The minimum atomic E-state index is -0.255. The minimum absolute atomic E-state index is 0.0239. The molecule has 1 fully saturated rings. The van der Waals surface area contributed by atoms with E-state index in [1.54, 1.807) is 17.7 Å². The van der Waals surface area contributed by atoms with Crippen molar-refractivity contribution in [2.45, 2.75) is 71.9 Å². The number of ether oxygens (including phenoxy) is 1. The van der Waals surface area contributed by atoms with Gasteiger partial charge in [0.05, 0.1) is 12.7 Å². The fourth-order valence-corrected chi connectivity index (χ4v) is 5.02. The lowest BCUT2D eigenvalue weighted by atomic mass is 9.98. The second kappa shape index (κ2) is 11.8. The number of rotatable bonds is 10. The van der Waals surface area contributed by atoms with Crippen molar-refractivity contribution in [1.29, 1.82) is 0 Å². The van der Waals surface area contributed by atoms with Crippen molar-refractivity contribution < 1.29 is 14.6 Å². The van der Waals surface area contributed by atoms with Crippen LogP contribution in [0.15, 0.2) is 36.4 Å². The average Bonchev–Trinajstić information content (AvgIpc) is 3.57. The van der Waals surface area contributed by atoms with Crippen LogP contribution in [-0.2, 0) is 6.54 Å². The molecule has 1 saturated carbocycles. The molecule has 0 saturated heterocycles. The van der Waals surface area contributed by atoms with Crippen molar-refractivity contribution in [1.82, 2.24) is 25.0 Å². The molecular weight excluding hydrogens is 466 g/mol. The van der Waals surface area contributed by atoms with Crippen molar-refractivity contribution in [2.24, 2.45) is 0 Å². The summed E-state index contributed by atoms with van der Waals surface area (Å²) >= 11 is 0. The van der Waals surface area contributed by atoms with Crippen LogP contribution in [0.25, 0.3) is 17.1 Å². The van der Waals surface area contributed by atoms with Crippen molar-refractivity contribution in [3.8, 4) is 28.6 Å². The summed E-state index contributed by atoms with van der Waals surface area (Å²) in [4.78, 5) is 15.7. The molecular formula is C29H39N5O3. The van der Waals surface area contributed by atoms with Crippen molar-refractivity contribution >= 4 is 5.91 Å². The van der Waals surface area contributed by atoms with Gasteiger partial charge in [-0.15, -0.1) is 10.2 Å². The zero-order valence-corrected chi connectivity index (χ0v) is 22.6. The van der Waals surface area contributed by atoms with Crippen LogP contribution in [-0.4, -0.2) is 56.9 Å². The van der Waals surface area contributed by atoms with E-state index < -0.39 is 0 Å². The summed E-state index contributed by atoms with van der Waals surface area (Å²) in [6, 6.07) is 11.8. The highest BCUT2D eigenvalue weighted by Gasteiger charge is 2.27. The van der Waals surface area contributed by atoms with Gasteiger partial charge in [0.2, 0.25) is 5.82 Å². The summed E-state index contributed by atoms with van der Waals surface area (Å²) in [7, 11) is 1.59. The number of carbonyl (C=O) groups is 1. The summed E-state index contributed by atoms with van der Waals surface area (Å²) in [5.41, 5.74) is 3.40. The quantitative estimate of drug-likeness (QED) is 0.389. The zero-order chi connectivity index (χ0) is 26.5. The summed E-state index contributed by atoms with van der Waals surface area (Å²) in [6.07, 6.45) is 4.19. The first-order valence-electron chi connectivity index (χ1n) is 13.3. The lowest BCUT2D eigenvalue weighted by molar-refractivity contribution is 0.0925.